The number of phenols is 1. The molecular formula is C22H24O5. The van der Waals surface area contributed by atoms with Gasteiger partial charge in [0.1, 0.15) is 17.9 Å². The molecule has 0 spiro atoms. The number of phenolic OH excluding ortho intramolecular Hbond substituents is 1. The van der Waals surface area contributed by atoms with Crippen molar-refractivity contribution in [1.82, 2.24) is 0 Å². The minimum absolute atomic E-state index is 0.0293. The van der Waals surface area contributed by atoms with E-state index in [4.69, 9.17) is 9.15 Å². The molecule has 5 nitrogen and oxygen atoms in total. The molecular weight excluding hydrogens is 344 g/mol. The molecule has 2 aromatic rings. The predicted molar refractivity (Wildman–Crippen MR) is 99.2 cm³/mol. The second kappa shape index (κ2) is 6.11. The van der Waals surface area contributed by atoms with Crippen molar-refractivity contribution in [3.63, 3.8) is 0 Å². The summed E-state index contributed by atoms with van der Waals surface area (Å²) >= 11 is 0. The Morgan fingerprint density at radius 2 is 1.78 bits per heavy atom. The third-order valence-corrected chi connectivity index (χ3v) is 6.89. The number of rotatable bonds is 4. The smallest absolute Gasteiger partial charge is 0.336 e. The highest BCUT2D eigenvalue weighted by atomic mass is 16.5. The van der Waals surface area contributed by atoms with E-state index in [2.05, 4.69) is 0 Å². The Morgan fingerprint density at radius 1 is 1.11 bits per heavy atom. The Morgan fingerprint density at radius 3 is 2.44 bits per heavy atom. The van der Waals surface area contributed by atoms with Crippen LogP contribution in [0.5, 0.6) is 5.75 Å². The summed E-state index contributed by atoms with van der Waals surface area (Å²) in [6.45, 7) is 0.0536. The number of esters is 1. The normalized spacial score (nSPS) is 31.3. The van der Waals surface area contributed by atoms with Crippen LogP contribution in [0.3, 0.4) is 0 Å². The van der Waals surface area contributed by atoms with Crippen LogP contribution in [-0.2, 0) is 16.1 Å². The fourth-order valence-corrected chi connectivity index (χ4v) is 6.36. The lowest BCUT2D eigenvalue weighted by Gasteiger charge is -2.56. The average Bonchev–Trinajstić information content (AvgIpc) is 2.57. The van der Waals surface area contributed by atoms with Crippen molar-refractivity contribution in [2.45, 2.75) is 51.6 Å². The zero-order chi connectivity index (χ0) is 18.6. The number of hydrogen-bond donors (Lipinski definition) is 1. The number of carbonyl (C=O) groups excluding carboxylic acids is 1. The van der Waals surface area contributed by atoms with Crippen molar-refractivity contribution >= 4 is 16.9 Å². The minimum Gasteiger partial charge on any atom is -0.508 e. The Kier molecular flexibility index (Phi) is 3.81. The van der Waals surface area contributed by atoms with Crippen LogP contribution in [-0.4, -0.2) is 11.1 Å². The molecule has 4 saturated carbocycles. The van der Waals surface area contributed by atoms with Gasteiger partial charge in [-0.1, -0.05) is 0 Å². The maximum absolute atomic E-state index is 12.6. The van der Waals surface area contributed by atoms with Gasteiger partial charge in [-0.25, -0.2) is 4.79 Å². The highest BCUT2D eigenvalue weighted by Gasteiger charge is 2.51. The lowest BCUT2D eigenvalue weighted by molar-refractivity contribution is -0.153. The first-order chi connectivity index (χ1) is 13.0. The second-order valence-electron chi connectivity index (χ2n) is 9.03. The van der Waals surface area contributed by atoms with Gasteiger partial charge in [-0.2, -0.15) is 0 Å². The van der Waals surface area contributed by atoms with Gasteiger partial charge in [0.25, 0.3) is 0 Å². The molecule has 142 valence electrons. The summed E-state index contributed by atoms with van der Waals surface area (Å²) in [5.41, 5.74) is 0.546. The Hall–Kier alpha value is -2.30. The van der Waals surface area contributed by atoms with E-state index in [9.17, 15) is 14.7 Å². The van der Waals surface area contributed by atoms with E-state index in [0.717, 1.165) is 17.8 Å². The number of ether oxygens (including phenoxy) is 1. The molecule has 6 rings (SSSR count). The Balaban J connectivity index is 1.30. The Labute approximate surface area is 157 Å². The number of carbonyl (C=O) groups is 1. The lowest BCUT2D eigenvalue weighted by atomic mass is 9.49. The van der Waals surface area contributed by atoms with Crippen LogP contribution in [0.15, 0.2) is 33.5 Å². The van der Waals surface area contributed by atoms with E-state index >= 15 is 0 Å². The van der Waals surface area contributed by atoms with E-state index in [1.54, 1.807) is 6.07 Å². The molecule has 4 fully saturated rings. The summed E-state index contributed by atoms with van der Waals surface area (Å²) in [7, 11) is 0. The lowest BCUT2D eigenvalue weighted by Crippen LogP contribution is -2.47. The zero-order valence-electron chi connectivity index (χ0n) is 15.3. The fourth-order valence-electron chi connectivity index (χ4n) is 6.36. The second-order valence-corrected chi connectivity index (χ2v) is 9.03. The topological polar surface area (TPSA) is 76.7 Å². The Bertz CT molecular complexity index is 922. The van der Waals surface area contributed by atoms with E-state index < -0.39 is 5.63 Å². The van der Waals surface area contributed by atoms with Crippen LogP contribution < -0.4 is 5.63 Å². The van der Waals surface area contributed by atoms with Gasteiger partial charge in [0.2, 0.25) is 0 Å². The van der Waals surface area contributed by atoms with Crippen LogP contribution in [0.1, 0.15) is 50.5 Å². The van der Waals surface area contributed by atoms with Gasteiger partial charge in [0.15, 0.2) is 0 Å². The molecule has 4 bridgehead atoms. The summed E-state index contributed by atoms with van der Waals surface area (Å²) in [6, 6.07) is 5.97. The molecule has 0 atom stereocenters. The molecule has 1 aromatic heterocycles. The molecule has 1 heterocycles. The molecule has 1 N–H and O–H groups in total. The van der Waals surface area contributed by atoms with Crippen molar-refractivity contribution in [3.8, 4) is 5.75 Å². The molecule has 5 heteroatoms. The molecule has 0 radical (unpaired) electrons. The monoisotopic (exact) mass is 368 g/mol. The van der Waals surface area contributed by atoms with Crippen LogP contribution in [0.25, 0.3) is 11.0 Å². The molecule has 4 aliphatic carbocycles. The average molecular weight is 368 g/mol. The van der Waals surface area contributed by atoms with E-state index in [-0.39, 0.29) is 23.7 Å². The molecule has 4 aliphatic rings. The summed E-state index contributed by atoms with van der Waals surface area (Å²) in [6.07, 6.45) is 8.07. The van der Waals surface area contributed by atoms with Crippen LogP contribution in [0.2, 0.25) is 0 Å². The quantitative estimate of drug-likeness (QED) is 0.648. The molecule has 27 heavy (non-hydrogen) atoms. The predicted octanol–water partition coefficient (Wildman–Crippen LogP) is 4.15. The highest BCUT2D eigenvalue weighted by molar-refractivity contribution is 5.81. The van der Waals surface area contributed by atoms with Gasteiger partial charge in [-0.05, 0) is 73.8 Å². The standard InChI is InChI=1S/C22H24O5/c23-17-1-2-18-16(6-20(24)27-19(18)7-17)12-26-21(25)11-22-8-13-3-14(9-22)5-15(4-13)10-22/h1-2,6-7,13-15,23H,3-5,8-12H2. The van der Waals surface area contributed by atoms with E-state index in [1.807, 2.05) is 0 Å². The third-order valence-electron chi connectivity index (χ3n) is 6.89. The maximum atomic E-state index is 12.6. The molecule has 0 unspecified atom stereocenters. The molecule has 0 aliphatic heterocycles. The van der Waals surface area contributed by atoms with Crippen LogP contribution in [0.4, 0.5) is 0 Å². The fraction of sp³-hybridized carbons (Fsp3) is 0.545. The zero-order valence-corrected chi connectivity index (χ0v) is 15.3. The van der Waals surface area contributed by atoms with Gasteiger partial charge in [-0.15, -0.1) is 0 Å². The third kappa shape index (κ3) is 3.13. The first kappa shape index (κ1) is 16.8. The van der Waals surface area contributed by atoms with Crippen molar-refractivity contribution in [2.24, 2.45) is 23.2 Å². The van der Waals surface area contributed by atoms with E-state index in [1.165, 1.54) is 56.7 Å². The van der Waals surface area contributed by atoms with Gasteiger partial charge in [0, 0.05) is 23.1 Å². The van der Waals surface area contributed by atoms with Crippen LogP contribution >= 0.6 is 0 Å². The van der Waals surface area contributed by atoms with Crippen molar-refractivity contribution in [2.75, 3.05) is 0 Å². The van der Waals surface area contributed by atoms with Crippen molar-refractivity contribution in [1.29, 1.82) is 0 Å². The van der Waals surface area contributed by atoms with Gasteiger partial charge in [-0.3, -0.25) is 4.79 Å². The first-order valence-electron chi connectivity index (χ1n) is 9.89. The van der Waals surface area contributed by atoms with Gasteiger partial charge >= 0.3 is 11.6 Å². The van der Waals surface area contributed by atoms with Crippen molar-refractivity contribution in [3.05, 3.63) is 40.2 Å². The minimum atomic E-state index is -0.514. The SMILES string of the molecule is O=C(CC12CC3CC(CC(C3)C1)C2)OCc1cc(=O)oc2cc(O)ccc12. The summed E-state index contributed by atoms with van der Waals surface area (Å²) in [4.78, 5) is 24.4. The van der Waals surface area contributed by atoms with Crippen LogP contribution in [0, 0.1) is 23.2 Å². The maximum Gasteiger partial charge on any atom is 0.336 e. The van der Waals surface area contributed by atoms with Crippen molar-refractivity contribution < 1.29 is 19.1 Å². The van der Waals surface area contributed by atoms with Gasteiger partial charge in [0.05, 0.1) is 6.42 Å². The number of benzene rings is 1. The van der Waals surface area contributed by atoms with Gasteiger partial charge < -0.3 is 14.3 Å². The first-order valence-corrected chi connectivity index (χ1v) is 9.89. The number of hydrogen-bond acceptors (Lipinski definition) is 5. The summed E-state index contributed by atoms with van der Waals surface area (Å²) < 4.78 is 10.7. The largest absolute Gasteiger partial charge is 0.508 e. The summed E-state index contributed by atoms with van der Waals surface area (Å²) in [5.74, 6) is 2.28. The number of fused-ring (bicyclic) bond motifs is 1. The van der Waals surface area contributed by atoms with E-state index in [0.29, 0.717) is 23.0 Å². The molecule has 1 aromatic carbocycles. The summed E-state index contributed by atoms with van der Waals surface area (Å²) in [5, 5.41) is 10.2. The number of aromatic hydroxyl groups is 1. The molecule has 0 amide bonds. The molecule has 0 saturated heterocycles. The highest BCUT2D eigenvalue weighted by Crippen LogP contribution is 2.61.